The molecule has 9 rings (SSSR count). The fourth-order valence-corrected chi connectivity index (χ4v) is 7.04. The number of hydrogen-bond acceptors (Lipinski definition) is 4. The normalized spacial score (nSPS) is 14.3. The molecule has 5 heterocycles. The molecule has 0 unspecified atom stereocenters. The zero-order valence-corrected chi connectivity index (χ0v) is 29.3. The Morgan fingerprint density at radius 1 is 0.894 bits per heavy atom. The van der Waals surface area contributed by atoms with Gasteiger partial charge in [-0.25, -0.2) is 4.98 Å². The van der Waals surface area contributed by atoms with Crippen molar-refractivity contribution in [3.05, 3.63) is 120 Å². The van der Waals surface area contributed by atoms with Crippen molar-refractivity contribution in [2.45, 2.75) is 58.9 Å². The van der Waals surface area contributed by atoms with Crippen LogP contribution in [-0.2, 0) is 26.7 Å². The van der Waals surface area contributed by atoms with Gasteiger partial charge in [0.1, 0.15) is 0 Å². The van der Waals surface area contributed by atoms with Gasteiger partial charge in [-0.05, 0) is 72.7 Å². The molecule has 1 aliphatic carbocycles. The predicted molar refractivity (Wildman–Crippen MR) is 186 cm³/mol. The molecular formula is C41H36IrN4O-2. The molecule has 7 aromatic rings. The average Bonchev–Trinajstić information content (AvgIpc) is 3.84. The first-order valence-electron chi connectivity index (χ1n) is 16.4. The van der Waals surface area contributed by atoms with E-state index >= 15 is 0 Å². The number of pyridine rings is 2. The average molecular weight is 793 g/mol. The van der Waals surface area contributed by atoms with E-state index in [0.717, 1.165) is 62.7 Å². The zero-order chi connectivity index (χ0) is 31.2. The number of allylic oxidation sites excluding steroid dienone is 1. The van der Waals surface area contributed by atoms with Gasteiger partial charge >= 0.3 is 0 Å². The van der Waals surface area contributed by atoms with Crippen LogP contribution in [0.15, 0.2) is 95.0 Å². The van der Waals surface area contributed by atoms with E-state index in [1.165, 1.54) is 42.3 Å². The van der Waals surface area contributed by atoms with Crippen molar-refractivity contribution >= 4 is 39.2 Å². The number of para-hydroxylation sites is 1. The van der Waals surface area contributed by atoms with Crippen LogP contribution in [0.5, 0.6) is 0 Å². The number of fused-ring (bicyclic) bond motifs is 3. The fourth-order valence-electron chi connectivity index (χ4n) is 7.04. The van der Waals surface area contributed by atoms with Crippen molar-refractivity contribution < 1.29 is 24.5 Å². The summed E-state index contributed by atoms with van der Waals surface area (Å²) in [5.41, 5.74) is 11.8. The summed E-state index contributed by atoms with van der Waals surface area (Å²) in [6.45, 7) is 7.30. The molecule has 5 nitrogen and oxygen atoms in total. The molecule has 0 bridgehead atoms. The van der Waals surface area contributed by atoms with E-state index in [2.05, 4.69) is 95.1 Å². The van der Waals surface area contributed by atoms with Crippen LogP contribution in [0.2, 0.25) is 0 Å². The molecule has 1 fully saturated rings. The van der Waals surface area contributed by atoms with Crippen molar-refractivity contribution in [2.75, 3.05) is 0 Å². The Morgan fingerprint density at radius 3 is 2.57 bits per heavy atom. The first-order chi connectivity index (χ1) is 22.5. The summed E-state index contributed by atoms with van der Waals surface area (Å²) >= 11 is 0. The molecule has 0 amide bonds. The van der Waals surface area contributed by atoms with E-state index < -0.39 is 0 Å². The summed E-state index contributed by atoms with van der Waals surface area (Å²) in [5.74, 6) is 2.26. The van der Waals surface area contributed by atoms with E-state index in [-0.39, 0.29) is 20.1 Å². The molecule has 2 aliphatic rings. The van der Waals surface area contributed by atoms with Gasteiger partial charge in [-0.15, -0.1) is 54.1 Å². The van der Waals surface area contributed by atoms with Crippen molar-refractivity contribution in [3.8, 4) is 22.6 Å². The predicted octanol–water partition coefficient (Wildman–Crippen LogP) is 10.4. The molecule has 0 N–H and O–H groups in total. The summed E-state index contributed by atoms with van der Waals surface area (Å²) in [4.78, 5) is 13.9. The van der Waals surface area contributed by atoms with Gasteiger partial charge in [-0.3, -0.25) is 4.98 Å². The van der Waals surface area contributed by atoms with E-state index in [1.54, 1.807) is 5.57 Å². The number of aryl methyl sites for hydroxylation is 1. The summed E-state index contributed by atoms with van der Waals surface area (Å²) in [6.07, 6.45) is 9.72. The molecule has 47 heavy (non-hydrogen) atoms. The maximum Gasteiger partial charge on any atom is 0.216 e. The monoisotopic (exact) mass is 793 g/mol. The number of aromatic nitrogens is 4. The quantitative estimate of drug-likeness (QED) is 0.167. The number of benzene rings is 3. The van der Waals surface area contributed by atoms with Crippen LogP contribution in [-0.4, -0.2) is 19.5 Å². The van der Waals surface area contributed by atoms with Crippen molar-refractivity contribution in [1.82, 2.24) is 19.5 Å². The third-order valence-electron chi connectivity index (χ3n) is 9.45. The van der Waals surface area contributed by atoms with Crippen LogP contribution in [0.1, 0.15) is 62.3 Å². The first kappa shape index (κ1) is 31.2. The van der Waals surface area contributed by atoms with Crippen LogP contribution in [0.25, 0.3) is 61.8 Å². The number of furan rings is 1. The second-order valence-electron chi connectivity index (χ2n) is 12.8. The molecule has 6 heteroatoms. The van der Waals surface area contributed by atoms with Crippen LogP contribution in [0, 0.1) is 25.0 Å². The maximum atomic E-state index is 6.04. The summed E-state index contributed by atoms with van der Waals surface area (Å²) in [5, 5.41) is 2.08. The maximum absolute atomic E-state index is 6.04. The molecule has 1 radical (unpaired) electrons. The first-order valence-corrected chi connectivity index (χ1v) is 16.4. The van der Waals surface area contributed by atoms with Gasteiger partial charge in [0.2, 0.25) is 5.71 Å². The van der Waals surface area contributed by atoms with E-state index in [1.807, 2.05) is 43.5 Å². The summed E-state index contributed by atoms with van der Waals surface area (Å²) in [7, 11) is 0. The summed E-state index contributed by atoms with van der Waals surface area (Å²) in [6, 6.07) is 33.4. The van der Waals surface area contributed by atoms with Crippen LogP contribution >= 0.6 is 0 Å². The number of nitrogens with zero attached hydrogens (tertiary/aromatic N) is 4. The molecular weight excluding hydrogens is 757 g/mol. The van der Waals surface area contributed by atoms with Crippen molar-refractivity contribution in [3.63, 3.8) is 0 Å². The Bertz CT molecular complexity index is 2240. The SMILES string of the molecule is Cc1ccc2c(n1)oc1c(-c3cc(C(C)C)ccn3)[c-]ccc12.[Ir].[c-]1ccccc1-c1nc2cccc3c2n1CC(C1CCCC1)=C3. The Morgan fingerprint density at radius 2 is 1.77 bits per heavy atom. The number of hydrogen-bond donors (Lipinski definition) is 0. The van der Waals surface area contributed by atoms with Crippen LogP contribution in [0.3, 0.4) is 0 Å². The van der Waals surface area contributed by atoms with E-state index in [4.69, 9.17) is 9.40 Å². The second kappa shape index (κ2) is 13.0. The summed E-state index contributed by atoms with van der Waals surface area (Å²) < 4.78 is 8.44. The van der Waals surface area contributed by atoms with Crippen molar-refractivity contribution in [1.29, 1.82) is 0 Å². The van der Waals surface area contributed by atoms with Gasteiger partial charge in [0.15, 0.2) is 0 Å². The Hall–Kier alpha value is -4.38. The Kier molecular flexibility index (Phi) is 8.65. The minimum absolute atomic E-state index is 0. The van der Waals surface area contributed by atoms with E-state index in [0.29, 0.717) is 11.6 Å². The zero-order valence-electron chi connectivity index (χ0n) is 26.9. The Labute approximate surface area is 289 Å². The third kappa shape index (κ3) is 5.86. The van der Waals surface area contributed by atoms with Gasteiger partial charge in [-0.2, -0.15) is 0 Å². The molecule has 3 aromatic carbocycles. The molecule has 0 spiro atoms. The largest absolute Gasteiger partial charge is 0.486 e. The molecule has 237 valence electrons. The van der Waals surface area contributed by atoms with Gasteiger partial charge < -0.3 is 14.0 Å². The van der Waals surface area contributed by atoms with E-state index in [9.17, 15) is 0 Å². The molecule has 0 atom stereocenters. The number of rotatable bonds is 4. The van der Waals surface area contributed by atoms with Gasteiger partial charge in [-0.1, -0.05) is 67.5 Å². The van der Waals surface area contributed by atoms with Gasteiger partial charge in [0.25, 0.3) is 0 Å². The smallest absolute Gasteiger partial charge is 0.216 e. The topological polar surface area (TPSA) is 56.7 Å². The minimum atomic E-state index is 0. The molecule has 0 saturated heterocycles. The molecule has 4 aromatic heterocycles. The van der Waals surface area contributed by atoms with Crippen LogP contribution < -0.4 is 0 Å². The second-order valence-corrected chi connectivity index (χ2v) is 12.8. The van der Waals surface area contributed by atoms with Gasteiger partial charge in [0, 0.05) is 43.9 Å². The van der Waals surface area contributed by atoms with Gasteiger partial charge in [0.05, 0.1) is 22.4 Å². The van der Waals surface area contributed by atoms with Crippen LogP contribution in [0.4, 0.5) is 0 Å². The minimum Gasteiger partial charge on any atom is -0.486 e. The standard InChI is InChI=1S/C21H19N2.C20H17N2O.Ir/c1-2-9-16(10-3-1)21-22-19-12-6-11-17-13-18(14-23(21)20(17)19)15-7-4-5-8-15;1-12(2)14-9-10-21-18(11-14)17-6-4-5-15-16-8-7-13(3)22-20(16)23-19(15)17;/h1-3,6,9,11-13,15H,4-5,7-8,14H2;4-5,7-12H,1-3H3;/q2*-1;. The number of imidazole rings is 1. The molecule has 1 aliphatic heterocycles. The fraction of sp³-hybridized carbons (Fsp3) is 0.244. The Balaban J connectivity index is 0.000000146. The van der Waals surface area contributed by atoms with Crippen molar-refractivity contribution in [2.24, 2.45) is 5.92 Å². The third-order valence-corrected chi connectivity index (χ3v) is 9.45. The molecule has 1 saturated carbocycles.